The fourth-order valence-corrected chi connectivity index (χ4v) is 2.86. The number of rotatable bonds is 6. The predicted octanol–water partition coefficient (Wildman–Crippen LogP) is 6.21. The summed E-state index contributed by atoms with van der Waals surface area (Å²) in [6, 6.07) is 20.8. The minimum absolute atomic E-state index is 0.00407. The Hall–Kier alpha value is -2.65. The van der Waals surface area contributed by atoms with E-state index in [1.54, 1.807) is 36.4 Å². The Morgan fingerprint density at radius 3 is 2.19 bits per heavy atom. The van der Waals surface area contributed by atoms with Gasteiger partial charge in [0, 0.05) is 22.7 Å². The molecule has 3 aromatic rings. The number of Topliss-reactive ketones (excluding diaryl/α,β-unsaturated/α-hetero) is 1. The van der Waals surface area contributed by atoms with Gasteiger partial charge in [0.1, 0.15) is 5.82 Å². The van der Waals surface area contributed by atoms with Crippen molar-refractivity contribution in [2.24, 2.45) is 0 Å². The lowest BCUT2D eigenvalue weighted by Gasteiger charge is -2.20. The third-order valence-electron chi connectivity index (χ3n) is 4.22. The van der Waals surface area contributed by atoms with Gasteiger partial charge < -0.3 is 5.32 Å². The minimum atomic E-state index is -0.299. The van der Waals surface area contributed by atoms with Gasteiger partial charge in [-0.05, 0) is 61.0 Å². The summed E-state index contributed by atoms with van der Waals surface area (Å²) in [4.78, 5) is 12.7. The van der Waals surface area contributed by atoms with Gasteiger partial charge in [0.05, 0.1) is 6.04 Å². The molecule has 0 radical (unpaired) electrons. The molecule has 0 aliphatic rings. The number of aryl methyl sites for hydroxylation is 1. The number of carbonyl (C=O) groups excluding carboxylic acids is 1. The molecule has 26 heavy (non-hydrogen) atoms. The molecule has 2 nitrogen and oxygen atoms in total. The molecule has 132 valence electrons. The molecule has 0 spiro atoms. The topological polar surface area (TPSA) is 29.1 Å². The largest absolute Gasteiger partial charge is 0.378 e. The smallest absolute Gasteiger partial charge is 0.165 e. The van der Waals surface area contributed by atoms with Crippen molar-refractivity contribution in [3.8, 4) is 0 Å². The average Bonchev–Trinajstić information content (AvgIpc) is 2.64. The van der Waals surface area contributed by atoms with Crippen LogP contribution < -0.4 is 5.32 Å². The van der Waals surface area contributed by atoms with Gasteiger partial charge in [-0.25, -0.2) is 4.39 Å². The van der Waals surface area contributed by atoms with Crippen molar-refractivity contribution in [1.29, 1.82) is 0 Å². The molecule has 1 N–H and O–H groups in total. The van der Waals surface area contributed by atoms with E-state index >= 15 is 0 Å². The summed E-state index contributed by atoms with van der Waals surface area (Å²) in [7, 11) is 0. The van der Waals surface area contributed by atoms with Crippen molar-refractivity contribution in [2.45, 2.75) is 19.4 Å². The molecule has 0 heterocycles. The van der Waals surface area contributed by atoms with Crippen LogP contribution in [-0.2, 0) is 0 Å². The predicted molar refractivity (Wildman–Crippen MR) is 104 cm³/mol. The first-order valence-corrected chi connectivity index (χ1v) is 8.76. The van der Waals surface area contributed by atoms with Crippen LogP contribution in [0.4, 0.5) is 10.1 Å². The summed E-state index contributed by atoms with van der Waals surface area (Å²) >= 11 is 5.89. The third-order valence-corrected chi connectivity index (χ3v) is 4.47. The van der Waals surface area contributed by atoms with Gasteiger partial charge in [-0.15, -0.1) is 0 Å². The number of hydrogen-bond donors (Lipinski definition) is 1. The van der Waals surface area contributed by atoms with Gasteiger partial charge in [0.25, 0.3) is 0 Å². The summed E-state index contributed by atoms with van der Waals surface area (Å²) < 4.78 is 13.3. The van der Waals surface area contributed by atoms with Crippen molar-refractivity contribution in [3.05, 3.63) is 100 Å². The summed E-state index contributed by atoms with van der Waals surface area (Å²) in [5.74, 6) is -0.303. The Labute approximate surface area is 157 Å². The molecular formula is C22H19ClFNO. The first kappa shape index (κ1) is 18.2. The zero-order valence-corrected chi connectivity index (χ0v) is 15.1. The number of hydrogen-bond acceptors (Lipinski definition) is 2. The molecular weight excluding hydrogens is 349 g/mol. The number of ketones is 1. The van der Waals surface area contributed by atoms with E-state index in [-0.39, 0.29) is 24.1 Å². The molecule has 0 aromatic heterocycles. The molecule has 1 unspecified atom stereocenters. The maximum atomic E-state index is 13.3. The highest BCUT2D eigenvalue weighted by Gasteiger charge is 2.17. The fourth-order valence-electron chi connectivity index (χ4n) is 2.74. The first-order chi connectivity index (χ1) is 12.5. The van der Waals surface area contributed by atoms with Crippen LogP contribution in [-0.4, -0.2) is 5.78 Å². The van der Waals surface area contributed by atoms with Gasteiger partial charge >= 0.3 is 0 Å². The van der Waals surface area contributed by atoms with Crippen molar-refractivity contribution >= 4 is 23.1 Å². The van der Waals surface area contributed by atoms with Crippen molar-refractivity contribution < 1.29 is 9.18 Å². The lowest BCUT2D eigenvalue weighted by Crippen LogP contribution is -2.16. The van der Waals surface area contributed by atoms with E-state index in [1.165, 1.54) is 12.1 Å². The Balaban J connectivity index is 1.84. The Morgan fingerprint density at radius 1 is 0.962 bits per heavy atom. The second kappa shape index (κ2) is 8.15. The lowest BCUT2D eigenvalue weighted by molar-refractivity contribution is 0.0976. The van der Waals surface area contributed by atoms with Crippen LogP contribution in [0.1, 0.15) is 33.9 Å². The summed E-state index contributed by atoms with van der Waals surface area (Å²) in [5, 5.41) is 3.98. The van der Waals surface area contributed by atoms with Gasteiger partial charge in [-0.1, -0.05) is 41.4 Å². The van der Waals surface area contributed by atoms with E-state index in [4.69, 9.17) is 11.6 Å². The SMILES string of the molecule is Cc1ccc(NC(CC(=O)c2ccc(Cl)cc2)c2ccc(F)cc2)cc1. The van der Waals surface area contributed by atoms with E-state index < -0.39 is 0 Å². The monoisotopic (exact) mass is 367 g/mol. The summed E-state index contributed by atoms with van der Waals surface area (Å²) in [6.07, 6.45) is 0.251. The molecule has 0 saturated carbocycles. The summed E-state index contributed by atoms with van der Waals surface area (Å²) in [6.45, 7) is 2.02. The van der Waals surface area contributed by atoms with Gasteiger partial charge in [0.2, 0.25) is 0 Å². The molecule has 1 atom stereocenters. The van der Waals surface area contributed by atoms with Crippen LogP contribution in [0.15, 0.2) is 72.8 Å². The molecule has 4 heteroatoms. The highest BCUT2D eigenvalue weighted by atomic mass is 35.5. The molecule has 0 saturated heterocycles. The first-order valence-electron chi connectivity index (χ1n) is 8.39. The standard InChI is InChI=1S/C22H19ClFNO/c1-15-2-12-20(13-3-15)25-21(16-6-10-19(24)11-7-16)14-22(26)17-4-8-18(23)9-5-17/h2-13,21,25H,14H2,1H3. The number of benzene rings is 3. The Bertz CT molecular complexity index is 874. The fraction of sp³-hybridized carbons (Fsp3) is 0.136. The zero-order valence-electron chi connectivity index (χ0n) is 14.4. The minimum Gasteiger partial charge on any atom is -0.378 e. The number of halogens is 2. The lowest BCUT2D eigenvalue weighted by atomic mass is 9.97. The van der Waals surface area contributed by atoms with Crippen molar-refractivity contribution in [3.63, 3.8) is 0 Å². The maximum absolute atomic E-state index is 13.3. The summed E-state index contributed by atoms with van der Waals surface area (Å²) in [5.41, 5.74) is 3.53. The molecule has 0 aliphatic heterocycles. The maximum Gasteiger partial charge on any atom is 0.165 e. The second-order valence-corrected chi connectivity index (χ2v) is 6.69. The van der Waals surface area contributed by atoms with Crippen LogP contribution in [0.2, 0.25) is 5.02 Å². The molecule has 0 amide bonds. The second-order valence-electron chi connectivity index (χ2n) is 6.25. The van der Waals surface area contributed by atoms with E-state index in [1.807, 2.05) is 31.2 Å². The Kier molecular flexibility index (Phi) is 5.69. The highest BCUT2D eigenvalue weighted by Crippen LogP contribution is 2.25. The van der Waals surface area contributed by atoms with Crippen LogP contribution >= 0.6 is 11.6 Å². The molecule has 0 aliphatic carbocycles. The highest BCUT2D eigenvalue weighted by molar-refractivity contribution is 6.30. The number of carbonyl (C=O) groups is 1. The quantitative estimate of drug-likeness (QED) is 0.524. The van der Waals surface area contributed by atoms with Crippen LogP contribution in [0.5, 0.6) is 0 Å². The van der Waals surface area contributed by atoms with Crippen LogP contribution in [0.25, 0.3) is 0 Å². The average molecular weight is 368 g/mol. The van der Waals surface area contributed by atoms with E-state index in [0.29, 0.717) is 10.6 Å². The third kappa shape index (κ3) is 4.70. The molecule has 0 fully saturated rings. The molecule has 3 aromatic carbocycles. The molecule has 3 rings (SSSR count). The van der Waals surface area contributed by atoms with E-state index in [2.05, 4.69) is 5.32 Å². The van der Waals surface area contributed by atoms with Crippen LogP contribution in [0.3, 0.4) is 0 Å². The number of anilines is 1. The van der Waals surface area contributed by atoms with Gasteiger partial charge in [-0.2, -0.15) is 0 Å². The molecule has 0 bridgehead atoms. The zero-order chi connectivity index (χ0) is 18.5. The number of nitrogens with one attached hydrogen (secondary N) is 1. The van der Waals surface area contributed by atoms with Gasteiger partial charge in [-0.3, -0.25) is 4.79 Å². The van der Waals surface area contributed by atoms with E-state index in [0.717, 1.165) is 16.8 Å². The van der Waals surface area contributed by atoms with E-state index in [9.17, 15) is 9.18 Å². The van der Waals surface area contributed by atoms with Crippen molar-refractivity contribution in [2.75, 3.05) is 5.32 Å². The van der Waals surface area contributed by atoms with Crippen molar-refractivity contribution in [1.82, 2.24) is 0 Å². The normalized spacial score (nSPS) is 11.8. The van der Waals surface area contributed by atoms with Gasteiger partial charge in [0.15, 0.2) is 5.78 Å². The Morgan fingerprint density at radius 2 is 1.58 bits per heavy atom. The van der Waals surface area contributed by atoms with Crippen LogP contribution in [0, 0.1) is 12.7 Å².